The minimum absolute atomic E-state index is 0.192. The van der Waals surface area contributed by atoms with Crippen LogP contribution in [0.5, 0.6) is 0 Å². The normalized spacial score (nSPS) is 13.8. The average molecular weight is 812 g/mol. The van der Waals surface area contributed by atoms with Gasteiger partial charge in [0.1, 0.15) is 4.70 Å². The quantitative estimate of drug-likeness (QED) is 0.0897. The van der Waals surface area contributed by atoms with E-state index in [1.165, 1.54) is 0 Å². The maximum atomic E-state index is 11.6. The number of rotatable bonds is 13. The number of fused-ring (bicyclic) bond motifs is 2. The van der Waals surface area contributed by atoms with E-state index in [1.54, 1.807) is 35.5 Å². The Kier molecular flexibility index (Phi) is 13.4. The van der Waals surface area contributed by atoms with Crippen molar-refractivity contribution in [2.75, 3.05) is 23.0 Å². The minimum atomic E-state index is -4.35. The van der Waals surface area contributed by atoms with Gasteiger partial charge in [-0.05, 0) is 77.1 Å². The van der Waals surface area contributed by atoms with Gasteiger partial charge in [-0.25, -0.2) is 8.42 Å². The van der Waals surface area contributed by atoms with Gasteiger partial charge in [-0.2, -0.15) is 13.0 Å². The molecule has 1 N–H and O–H groups in total. The third kappa shape index (κ3) is 11.2. The van der Waals surface area contributed by atoms with Crippen molar-refractivity contribution in [3.8, 4) is 22.3 Å². The van der Waals surface area contributed by atoms with Gasteiger partial charge in [0.2, 0.25) is 5.52 Å². The molecule has 0 saturated heterocycles. The number of benzene rings is 4. The smallest absolute Gasteiger partial charge is 0.264 e. The molecule has 1 aliphatic heterocycles. The van der Waals surface area contributed by atoms with Gasteiger partial charge in [-0.3, -0.25) is 9.54 Å². The standard InChI is InChI=1S/C37H36N2O6S4.C5H5N/c1-2-27(23-36-38(19-9-21-48(40,41)42)32-25-30(15-17-34(32)46-36)28-11-5-3-6-12-28)24-37-39(20-10-22-49(43,44)45)33-26-31(16-18-35(33)47-37)29-13-7-4-8-14-29;1-2-4-6-5-3-1/h3-8,11-18,23-26H,2,9-10,19-22H2,1H3,(H-,40,41,42,43,44,45);1-5H. The highest BCUT2D eigenvalue weighted by Crippen LogP contribution is 2.48. The fraction of sp³-hybridized carbons (Fsp3) is 0.190. The number of aromatic nitrogens is 2. The molecule has 4 aromatic carbocycles. The van der Waals surface area contributed by atoms with Crippen molar-refractivity contribution in [1.29, 1.82) is 0 Å². The van der Waals surface area contributed by atoms with Crippen LogP contribution >= 0.6 is 23.1 Å². The molecule has 9 nitrogen and oxygen atoms in total. The highest BCUT2D eigenvalue weighted by atomic mass is 32.2. The molecule has 0 aliphatic carbocycles. The van der Waals surface area contributed by atoms with E-state index in [-0.39, 0.29) is 18.6 Å². The molecule has 0 atom stereocenters. The largest absolute Gasteiger partial charge is 0.748 e. The van der Waals surface area contributed by atoms with E-state index >= 15 is 0 Å². The van der Waals surface area contributed by atoms with E-state index in [0.717, 1.165) is 58.7 Å². The first kappa shape index (κ1) is 40.0. The van der Waals surface area contributed by atoms with E-state index in [1.807, 2.05) is 66.7 Å². The number of nitrogens with zero attached hydrogens (tertiary/aromatic N) is 3. The molecule has 0 saturated carbocycles. The van der Waals surface area contributed by atoms with Crippen LogP contribution in [0.1, 0.15) is 31.2 Å². The molecule has 7 rings (SSSR count). The summed E-state index contributed by atoms with van der Waals surface area (Å²) in [5.74, 6) is -0.778. The van der Waals surface area contributed by atoms with Crippen molar-refractivity contribution in [1.82, 2.24) is 4.98 Å². The molecule has 0 unspecified atom stereocenters. The third-order valence-corrected chi connectivity index (χ3v) is 12.6. The number of pyridine rings is 1. The predicted molar refractivity (Wildman–Crippen MR) is 223 cm³/mol. The summed E-state index contributed by atoms with van der Waals surface area (Å²) < 4.78 is 70.2. The Morgan fingerprint density at radius 2 is 1.44 bits per heavy atom. The van der Waals surface area contributed by atoms with Crippen LogP contribution in [0.15, 0.2) is 149 Å². The Labute approximate surface area is 331 Å². The van der Waals surface area contributed by atoms with E-state index in [2.05, 4.69) is 82.1 Å². The van der Waals surface area contributed by atoms with E-state index in [9.17, 15) is 25.9 Å². The number of allylic oxidation sites excluding steroid dienone is 2. The van der Waals surface area contributed by atoms with Crippen LogP contribution in [-0.2, 0) is 26.8 Å². The molecule has 2 aromatic heterocycles. The minimum Gasteiger partial charge on any atom is -0.748 e. The van der Waals surface area contributed by atoms with Crippen molar-refractivity contribution >= 4 is 65.3 Å². The highest BCUT2D eigenvalue weighted by molar-refractivity contribution is 8.03. The number of hydrogen-bond donors (Lipinski definition) is 1. The molecule has 0 spiro atoms. The van der Waals surface area contributed by atoms with Gasteiger partial charge < -0.3 is 9.45 Å². The Bertz CT molecular complexity index is 2480. The Hall–Kier alpha value is -4.63. The van der Waals surface area contributed by atoms with E-state index in [0.29, 0.717) is 19.5 Å². The zero-order chi connectivity index (χ0) is 38.8. The van der Waals surface area contributed by atoms with Crippen LogP contribution in [0.4, 0.5) is 5.69 Å². The number of anilines is 1. The fourth-order valence-corrected chi connectivity index (χ4v) is 9.45. The lowest BCUT2D eigenvalue weighted by atomic mass is 10.0. The summed E-state index contributed by atoms with van der Waals surface area (Å²) in [5, 5.41) is 1.88. The van der Waals surface area contributed by atoms with Crippen LogP contribution in [0.3, 0.4) is 0 Å². The summed E-state index contributed by atoms with van der Waals surface area (Å²) in [4.78, 5) is 6.95. The summed E-state index contributed by atoms with van der Waals surface area (Å²) in [6.45, 7) is 2.83. The topological polar surface area (TPSA) is 132 Å². The maximum Gasteiger partial charge on any atom is 0.264 e. The van der Waals surface area contributed by atoms with Gasteiger partial charge in [0.05, 0.1) is 26.6 Å². The lowest BCUT2D eigenvalue weighted by Gasteiger charge is -2.21. The SMILES string of the molecule is CCC(/C=C1\Sc2ccc(-c3ccccc3)cc2N1CCCS(=O)(=O)O)=C\c1sc2ccc(-c3ccccc3)cc2[n+]1CCCS(=O)(=O)[O-].c1ccncc1. The molecular weight excluding hydrogens is 771 g/mol. The van der Waals surface area contributed by atoms with Crippen molar-refractivity contribution < 1.29 is 30.5 Å². The average Bonchev–Trinajstić information content (AvgIpc) is 3.70. The molecule has 0 bridgehead atoms. The molecule has 6 aromatic rings. The van der Waals surface area contributed by atoms with Crippen molar-refractivity contribution in [2.24, 2.45) is 0 Å². The van der Waals surface area contributed by atoms with E-state index in [4.69, 9.17) is 0 Å². The van der Waals surface area contributed by atoms with Crippen LogP contribution in [0.25, 0.3) is 38.5 Å². The molecule has 0 fully saturated rings. The first-order valence-electron chi connectivity index (χ1n) is 17.8. The Morgan fingerprint density at radius 3 is 2.02 bits per heavy atom. The van der Waals surface area contributed by atoms with Crippen LogP contribution in [0, 0.1) is 0 Å². The van der Waals surface area contributed by atoms with Gasteiger partial charge >= 0.3 is 0 Å². The first-order chi connectivity index (χ1) is 26.5. The third-order valence-electron chi connectivity index (χ3n) is 8.83. The zero-order valence-electron chi connectivity index (χ0n) is 30.2. The summed E-state index contributed by atoms with van der Waals surface area (Å²) in [5.41, 5.74) is 7.21. The Morgan fingerprint density at radius 1 is 0.800 bits per heavy atom. The monoisotopic (exact) mass is 811 g/mol. The Balaban J connectivity index is 0.000000782. The number of thiazole rings is 1. The van der Waals surface area contributed by atoms with Gasteiger partial charge in [-0.1, -0.05) is 109 Å². The summed E-state index contributed by atoms with van der Waals surface area (Å²) in [6.07, 6.45) is 8.87. The molecule has 3 heterocycles. The van der Waals surface area contributed by atoms with Crippen molar-refractivity contribution in [2.45, 2.75) is 37.6 Å². The molecule has 13 heteroatoms. The number of aryl methyl sites for hydroxylation is 1. The second kappa shape index (κ2) is 18.3. The van der Waals surface area contributed by atoms with Gasteiger partial charge in [-0.15, -0.1) is 0 Å². The second-order valence-electron chi connectivity index (χ2n) is 12.8. The molecular formula is C42H41N3O6S4. The van der Waals surface area contributed by atoms with Crippen molar-refractivity contribution in [3.63, 3.8) is 0 Å². The van der Waals surface area contributed by atoms with Gasteiger partial charge in [0, 0.05) is 48.1 Å². The second-order valence-corrected chi connectivity index (χ2v) is 18.0. The molecule has 55 heavy (non-hydrogen) atoms. The number of thioether (sulfide) groups is 1. The van der Waals surface area contributed by atoms with Crippen LogP contribution in [-0.4, -0.2) is 49.0 Å². The fourth-order valence-electron chi connectivity index (χ4n) is 6.18. The summed E-state index contributed by atoms with van der Waals surface area (Å²) in [7, 11) is -8.46. The molecule has 1 aliphatic rings. The van der Waals surface area contributed by atoms with Crippen LogP contribution < -0.4 is 9.47 Å². The lowest BCUT2D eigenvalue weighted by Crippen LogP contribution is -2.36. The predicted octanol–water partition coefficient (Wildman–Crippen LogP) is 9.06. The number of hydrogen-bond acceptors (Lipinski definition) is 9. The zero-order valence-corrected chi connectivity index (χ0v) is 33.5. The highest BCUT2D eigenvalue weighted by Gasteiger charge is 2.27. The summed E-state index contributed by atoms with van der Waals surface area (Å²) in [6, 6.07) is 38.4. The molecule has 284 valence electrons. The van der Waals surface area contributed by atoms with Crippen molar-refractivity contribution in [3.05, 3.63) is 149 Å². The van der Waals surface area contributed by atoms with Crippen LogP contribution in [0.2, 0.25) is 0 Å². The first-order valence-corrected chi connectivity index (χ1v) is 22.6. The lowest BCUT2D eigenvalue weighted by molar-refractivity contribution is -0.668. The van der Waals surface area contributed by atoms with Gasteiger partial charge in [0.25, 0.3) is 15.1 Å². The van der Waals surface area contributed by atoms with E-state index < -0.39 is 26.0 Å². The maximum absolute atomic E-state index is 11.6. The summed E-state index contributed by atoms with van der Waals surface area (Å²) >= 11 is 3.22. The molecule has 0 radical (unpaired) electrons. The molecule has 0 amide bonds. The van der Waals surface area contributed by atoms with Gasteiger partial charge in [0.15, 0.2) is 6.54 Å².